The third-order valence-electron chi connectivity index (χ3n) is 4.45. The van der Waals surface area contributed by atoms with Gasteiger partial charge in [-0.05, 0) is 24.3 Å². The van der Waals surface area contributed by atoms with Gasteiger partial charge in [-0.15, -0.1) is 0 Å². The zero-order valence-corrected chi connectivity index (χ0v) is 17.3. The summed E-state index contributed by atoms with van der Waals surface area (Å²) in [5.41, 5.74) is -1.36. The Morgan fingerprint density at radius 2 is 1.79 bits per heavy atom. The number of hydrogen-bond donors (Lipinski definition) is 1. The molecule has 0 aliphatic rings. The van der Waals surface area contributed by atoms with Crippen LogP contribution in [0.15, 0.2) is 40.2 Å². The number of esters is 1. The molecule has 0 radical (unpaired) electrons. The molecule has 0 unspecified atom stereocenters. The molecule has 0 fully saturated rings. The van der Waals surface area contributed by atoms with Crippen LogP contribution in [0.3, 0.4) is 0 Å². The van der Waals surface area contributed by atoms with Gasteiger partial charge in [-0.2, -0.15) is 8.78 Å². The summed E-state index contributed by atoms with van der Waals surface area (Å²) < 4.78 is 36.3. The summed E-state index contributed by atoms with van der Waals surface area (Å²) in [7, 11) is 2.93. The van der Waals surface area contributed by atoms with Crippen molar-refractivity contribution in [1.29, 1.82) is 0 Å². The molecule has 0 bridgehead atoms. The van der Waals surface area contributed by atoms with Crippen molar-refractivity contribution >= 4 is 28.9 Å². The van der Waals surface area contributed by atoms with Crippen LogP contribution in [0.4, 0.5) is 8.78 Å². The lowest BCUT2D eigenvalue weighted by molar-refractivity contribution is -0.149. The number of hydrogen-bond acceptors (Lipinski definition) is 8. The van der Waals surface area contributed by atoms with Crippen LogP contribution in [-0.2, 0) is 35.0 Å². The number of aryl methyl sites for hydroxylation is 2. The first-order valence-electron chi connectivity index (χ1n) is 9.24. The number of imidazole rings is 1. The summed E-state index contributed by atoms with van der Waals surface area (Å²) in [6.45, 7) is -4.65. The zero-order valence-electron chi connectivity index (χ0n) is 17.3. The zero-order chi connectivity index (χ0) is 24.3. The van der Waals surface area contributed by atoms with E-state index in [1.165, 1.54) is 17.9 Å². The summed E-state index contributed by atoms with van der Waals surface area (Å²) >= 11 is 0. The molecule has 2 aromatic heterocycles. The molecule has 2 amide bonds. The quantitative estimate of drug-likeness (QED) is 0.462. The number of rotatable bonds is 7. The Morgan fingerprint density at radius 1 is 1.12 bits per heavy atom. The van der Waals surface area contributed by atoms with Crippen LogP contribution in [0, 0.1) is 0 Å². The van der Waals surface area contributed by atoms with Gasteiger partial charge in [-0.3, -0.25) is 29.1 Å². The Balaban J connectivity index is 1.59. The number of fused-ring (bicyclic) bond motifs is 1. The average molecular weight is 465 g/mol. The summed E-state index contributed by atoms with van der Waals surface area (Å²) in [5, 5.41) is 1.95. The van der Waals surface area contributed by atoms with E-state index in [0.29, 0.717) is 4.57 Å². The van der Waals surface area contributed by atoms with Crippen molar-refractivity contribution in [3.63, 3.8) is 0 Å². The molecule has 0 aliphatic carbocycles. The van der Waals surface area contributed by atoms with Crippen LogP contribution in [-0.4, -0.2) is 49.7 Å². The first-order chi connectivity index (χ1) is 15.6. The minimum absolute atomic E-state index is 0.0316. The lowest BCUT2D eigenvalue weighted by Crippen LogP contribution is -2.42. The summed E-state index contributed by atoms with van der Waals surface area (Å²) in [5.74, 6) is -3.09. The van der Waals surface area contributed by atoms with Crippen molar-refractivity contribution in [1.82, 2.24) is 24.0 Å². The van der Waals surface area contributed by atoms with E-state index in [4.69, 9.17) is 4.74 Å². The second kappa shape index (κ2) is 9.42. The number of amides is 2. The summed E-state index contributed by atoms with van der Waals surface area (Å²) in [6, 6.07) is 4.54. The number of aromatic nitrogens is 4. The largest absolute Gasteiger partial charge is 0.454 e. The molecular formula is C19H17F2N5O7. The van der Waals surface area contributed by atoms with Crippen molar-refractivity contribution in [3.8, 4) is 5.75 Å². The molecule has 0 saturated carbocycles. The van der Waals surface area contributed by atoms with Crippen molar-refractivity contribution < 1.29 is 32.6 Å². The van der Waals surface area contributed by atoms with Crippen LogP contribution >= 0.6 is 0 Å². The van der Waals surface area contributed by atoms with Gasteiger partial charge in [0.25, 0.3) is 17.4 Å². The summed E-state index contributed by atoms with van der Waals surface area (Å²) in [4.78, 5) is 64.9. The number of carbonyl (C=O) groups excluding carboxylic acids is 3. The highest BCUT2D eigenvalue weighted by Crippen LogP contribution is 2.14. The maximum atomic E-state index is 12.5. The van der Waals surface area contributed by atoms with Crippen molar-refractivity contribution in [2.75, 3.05) is 6.61 Å². The van der Waals surface area contributed by atoms with E-state index in [1.54, 1.807) is 7.05 Å². The topological polar surface area (TPSA) is 144 Å². The van der Waals surface area contributed by atoms with E-state index in [-0.39, 0.29) is 22.5 Å². The molecule has 14 heteroatoms. The molecule has 0 saturated heterocycles. The summed E-state index contributed by atoms with van der Waals surface area (Å²) in [6.07, 6.45) is 1.34. The second-order valence-corrected chi connectivity index (χ2v) is 6.70. The van der Waals surface area contributed by atoms with Crippen molar-refractivity contribution in [2.45, 2.75) is 13.2 Å². The molecule has 1 aromatic carbocycles. The number of halogens is 2. The maximum absolute atomic E-state index is 12.5. The molecule has 33 heavy (non-hydrogen) atoms. The van der Waals surface area contributed by atoms with Crippen LogP contribution < -0.4 is 21.3 Å². The first kappa shape index (κ1) is 23.3. The van der Waals surface area contributed by atoms with Gasteiger partial charge in [0.15, 0.2) is 17.8 Å². The molecule has 2 heterocycles. The minimum Gasteiger partial charge on any atom is -0.454 e. The third kappa shape index (κ3) is 5.11. The molecule has 1 N–H and O–H groups in total. The average Bonchev–Trinajstić information content (AvgIpc) is 3.15. The lowest BCUT2D eigenvalue weighted by Gasteiger charge is -2.09. The highest BCUT2D eigenvalue weighted by atomic mass is 19.3. The standard InChI is InChI=1S/C19H17F2N5O7/c1-24-9-22-15-14(24)17(30)26(19(31)25(15)2)7-13(28)32-8-12(27)23-16(29)10-3-5-11(6-4-10)33-18(20)21/h3-6,9,18H,7-8H2,1-2H3,(H,23,27,29). The van der Waals surface area contributed by atoms with Gasteiger partial charge < -0.3 is 14.0 Å². The second-order valence-electron chi connectivity index (χ2n) is 6.70. The predicted molar refractivity (Wildman–Crippen MR) is 107 cm³/mol. The van der Waals surface area contributed by atoms with E-state index in [0.717, 1.165) is 28.8 Å². The number of imide groups is 1. The van der Waals surface area contributed by atoms with Crippen LogP contribution in [0.1, 0.15) is 10.4 Å². The third-order valence-corrected chi connectivity index (χ3v) is 4.45. The molecule has 12 nitrogen and oxygen atoms in total. The molecule has 3 aromatic rings. The van der Waals surface area contributed by atoms with Gasteiger partial charge in [0.05, 0.1) is 6.33 Å². The molecule has 0 atom stereocenters. The fraction of sp³-hybridized carbons (Fsp3) is 0.263. The van der Waals surface area contributed by atoms with Crippen molar-refractivity contribution in [2.24, 2.45) is 14.1 Å². The van der Waals surface area contributed by atoms with E-state index >= 15 is 0 Å². The number of nitrogens with zero attached hydrogens (tertiary/aromatic N) is 4. The maximum Gasteiger partial charge on any atom is 0.387 e. The Morgan fingerprint density at radius 3 is 2.42 bits per heavy atom. The van der Waals surface area contributed by atoms with Gasteiger partial charge in [0, 0.05) is 19.7 Å². The van der Waals surface area contributed by atoms with Gasteiger partial charge in [-0.1, -0.05) is 0 Å². The molecule has 3 rings (SSSR count). The smallest absolute Gasteiger partial charge is 0.387 e. The molecular weight excluding hydrogens is 448 g/mol. The van der Waals surface area contributed by atoms with Gasteiger partial charge in [0.2, 0.25) is 0 Å². The number of ether oxygens (including phenoxy) is 2. The van der Waals surface area contributed by atoms with E-state index < -0.39 is 48.8 Å². The predicted octanol–water partition coefficient (Wildman–Crippen LogP) is -0.465. The van der Waals surface area contributed by atoms with Crippen LogP contribution in [0.2, 0.25) is 0 Å². The van der Waals surface area contributed by atoms with Gasteiger partial charge in [-0.25, -0.2) is 14.3 Å². The van der Waals surface area contributed by atoms with E-state index in [2.05, 4.69) is 9.72 Å². The first-order valence-corrected chi connectivity index (χ1v) is 9.24. The van der Waals surface area contributed by atoms with E-state index in [9.17, 15) is 32.8 Å². The fourth-order valence-corrected chi connectivity index (χ4v) is 2.88. The number of carbonyl (C=O) groups is 3. The Bertz CT molecular complexity index is 1340. The number of benzene rings is 1. The highest BCUT2D eigenvalue weighted by Gasteiger charge is 2.19. The normalized spacial score (nSPS) is 10.9. The molecule has 0 aliphatic heterocycles. The SMILES string of the molecule is Cn1cnc2c1c(=O)n(CC(=O)OCC(=O)NC(=O)c1ccc(OC(F)F)cc1)c(=O)n2C. The van der Waals surface area contributed by atoms with Crippen LogP contribution in [0.5, 0.6) is 5.75 Å². The van der Waals surface area contributed by atoms with Gasteiger partial charge in [0.1, 0.15) is 12.3 Å². The Hall–Kier alpha value is -4.36. The van der Waals surface area contributed by atoms with Crippen molar-refractivity contribution in [3.05, 3.63) is 57.0 Å². The van der Waals surface area contributed by atoms with Crippen LogP contribution in [0.25, 0.3) is 11.2 Å². The molecule has 174 valence electrons. The highest BCUT2D eigenvalue weighted by molar-refractivity contribution is 6.05. The lowest BCUT2D eigenvalue weighted by atomic mass is 10.2. The molecule has 0 spiro atoms. The minimum atomic E-state index is -3.02. The Kier molecular flexibility index (Phi) is 6.65. The monoisotopic (exact) mass is 465 g/mol. The van der Waals surface area contributed by atoms with Gasteiger partial charge >= 0.3 is 18.3 Å². The number of alkyl halides is 2. The fourth-order valence-electron chi connectivity index (χ4n) is 2.88. The number of nitrogens with one attached hydrogen (secondary N) is 1. The Labute approximate surface area is 183 Å². The van der Waals surface area contributed by atoms with E-state index in [1.807, 2.05) is 5.32 Å².